The summed E-state index contributed by atoms with van der Waals surface area (Å²) in [5.41, 5.74) is 0. The van der Waals surface area contributed by atoms with Crippen LogP contribution in [-0.4, -0.2) is 53.7 Å². The molecule has 2 atom stereocenters. The van der Waals surface area contributed by atoms with Crippen LogP contribution in [0.3, 0.4) is 0 Å². The molecule has 1 amide bonds. The van der Waals surface area contributed by atoms with Crippen molar-refractivity contribution in [2.24, 2.45) is 0 Å². The van der Waals surface area contributed by atoms with Crippen LogP contribution < -0.4 is 0 Å². The first-order valence-electron chi connectivity index (χ1n) is 4.75. The van der Waals surface area contributed by atoms with Gasteiger partial charge in [0.15, 0.2) is 0 Å². The standard InChI is InChI=1S/C9H16BrNO3/c1-14-6-7(5-12)11-4-2-3-8(10)9(11)13/h7-8,12H,2-6H2,1H3. The van der Waals surface area contributed by atoms with Gasteiger partial charge in [-0.25, -0.2) is 0 Å². The van der Waals surface area contributed by atoms with Gasteiger partial charge in [-0.3, -0.25) is 4.79 Å². The maximum Gasteiger partial charge on any atom is 0.236 e. The first-order chi connectivity index (χ1) is 6.70. The van der Waals surface area contributed by atoms with Gasteiger partial charge in [-0.05, 0) is 12.8 Å². The van der Waals surface area contributed by atoms with Gasteiger partial charge in [0.05, 0.1) is 24.1 Å². The number of aliphatic hydroxyl groups is 1. The number of nitrogens with zero attached hydrogens (tertiary/aromatic N) is 1. The summed E-state index contributed by atoms with van der Waals surface area (Å²) >= 11 is 3.33. The highest BCUT2D eigenvalue weighted by atomic mass is 79.9. The molecule has 0 spiro atoms. The molecule has 0 aromatic heterocycles. The van der Waals surface area contributed by atoms with Gasteiger partial charge in [0.1, 0.15) is 0 Å². The summed E-state index contributed by atoms with van der Waals surface area (Å²) in [5, 5.41) is 9.12. The Hall–Kier alpha value is -0.130. The van der Waals surface area contributed by atoms with Gasteiger partial charge in [0.25, 0.3) is 0 Å². The highest BCUT2D eigenvalue weighted by Crippen LogP contribution is 2.20. The molecule has 1 fully saturated rings. The van der Waals surface area contributed by atoms with E-state index in [2.05, 4.69) is 15.9 Å². The van der Waals surface area contributed by atoms with Crippen molar-refractivity contribution in [2.45, 2.75) is 23.7 Å². The van der Waals surface area contributed by atoms with E-state index in [1.165, 1.54) is 0 Å². The number of likely N-dealkylation sites (tertiary alicyclic amines) is 1. The lowest BCUT2D eigenvalue weighted by molar-refractivity contribution is -0.137. The zero-order valence-corrected chi connectivity index (χ0v) is 9.87. The third-order valence-corrected chi connectivity index (χ3v) is 3.27. The highest BCUT2D eigenvalue weighted by Gasteiger charge is 2.31. The van der Waals surface area contributed by atoms with Crippen LogP contribution in [0.15, 0.2) is 0 Å². The number of alkyl halides is 1. The van der Waals surface area contributed by atoms with E-state index in [1.807, 2.05) is 0 Å². The summed E-state index contributed by atoms with van der Waals surface area (Å²) in [6.45, 7) is 1.07. The van der Waals surface area contributed by atoms with Crippen molar-refractivity contribution < 1.29 is 14.6 Å². The summed E-state index contributed by atoms with van der Waals surface area (Å²) in [6, 6.07) is -0.201. The average molecular weight is 266 g/mol. The number of ether oxygens (including phenoxy) is 1. The Balaban J connectivity index is 2.59. The zero-order valence-electron chi connectivity index (χ0n) is 8.28. The third-order valence-electron chi connectivity index (χ3n) is 2.42. The molecule has 0 bridgehead atoms. The minimum absolute atomic E-state index is 0.0424. The van der Waals surface area contributed by atoms with Crippen molar-refractivity contribution in [3.8, 4) is 0 Å². The maximum atomic E-state index is 11.7. The number of hydrogen-bond acceptors (Lipinski definition) is 3. The largest absolute Gasteiger partial charge is 0.394 e. The molecule has 1 aliphatic heterocycles. The summed E-state index contributed by atoms with van der Waals surface area (Å²) < 4.78 is 4.96. The normalized spacial score (nSPS) is 25.2. The molecule has 1 saturated heterocycles. The smallest absolute Gasteiger partial charge is 0.236 e. The SMILES string of the molecule is COCC(CO)N1CCCC(Br)C1=O. The summed E-state index contributed by atoms with van der Waals surface area (Å²) in [4.78, 5) is 13.3. The van der Waals surface area contributed by atoms with Gasteiger partial charge in [-0.15, -0.1) is 0 Å². The second-order valence-electron chi connectivity index (χ2n) is 3.43. The Morgan fingerprint density at radius 3 is 3.07 bits per heavy atom. The maximum absolute atomic E-state index is 11.7. The molecule has 5 heteroatoms. The van der Waals surface area contributed by atoms with E-state index >= 15 is 0 Å². The van der Waals surface area contributed by atoms with Gasteiger partial charge in [-0.2, -0.15) is 0 Å². The molecule has 0 radical (unpaired) electrons. The Morgan fingerprint density at radius 2 is 2.50 bits per heavy atom. The van der Waals surface area contributed by atoms with Gasteiger partial charge >= 0.3 is 0 Å². The van der Waals surface area contributed by atoms with E-state index in [0.29, 0.717) is 6.61 Å². The van der Waals surface area contributed by atoms with E-state index in [-0.39, 0.29) is 23.4 Å². The lowest BCUT2D eigenvalue weighted by Crippen LogP contribution is -2.50. The van der Waals surface area contributed by atoms with Crippen molar-refractivity contribution in [3.05, 3.63) is 0 Å². The summed E-state index contributed by atoms with van der Waals surface area (Å²) in [7, 11) is 1.57. The van der Waals surface area contributed by atoms with Crippen LogP contribution in [-0.2, 0) is 9.53 Å². The number of rotatable bonds is 4. The van der Waals surface area contributed by atoms with Crippen molar-refractivity contribution in [1.82, 2.24) is 4.90 Å². The lowest BCUT2D eigenvalue weighted by Gasteiger charge is -2.35. The number of carbonyl (C=O) groups is 1. The molecule has 0 saturated carbocycles. The number of hydrogen-bond donors (Lipinski definition) is 1. The van der Waals surface area contributed by atoms with Gasteiger partial charge < -0.3 is 14.7 Å². The molecule has 2 unspecified atom stereocenters. The fraction of sp³-hybridized carbons (Fsp3) is 0.889. The number of halogens is 1. The van der Waals surface area contributed by atoms with E-state index in [9.17, 15) is 4.79 Å². The first kappa shape index (κ1) is 11.9. The second-order valence-corrected chi connectivity index (χ2v) is 4.54. The van der Waals surface area contributed by atoms with Gasteiger partial charge in [0.2, 0.25) is 5.91 Å². The molecule has 0 aliphatic carbocycles. The first-order valence-corrected chi connectivity index (χ1v) is 5.66. The molecule has 0 aromatic carbocycles. The van der Waals surface area contributed by atoms with Gasteiger partial charge in [-0.1, -0.05) is 15.9 Å². The van der Waals surface area contributed by atoms with E-state index in [0.717, 1.165) is 19.4 Å². The van der Waals surface area contributed by atoms with Crippen molar-refractivity contribution in [2.75, 3.05) is 26.9 Å². The van der Waals surface area contributed by atoms with Crippen LogP contribution in [0, 0.1) is 0 Å². The van der Waals surface area contributed by atoms with Crippen molar-refractivity contribution in [3.63, 3.8) is 0 Å². The van der Waals surface area contributed by atoms with Gasteiger partial charge in [0, 0.05) is 13.7 Å². The molecule has 1 aliphatic rings. The molecular formula is C9H16BrNO3. The van der Waals surface area contributed by atoms with Crippen LogP contribution >= 0.6 is 15.9 Å². The minimum Gasteiger partial charge on any atom is -0.394 e. The monoisotopic (exact) mass is 265 g/mol. The Morgan fingerprint density at radius 1 is 1.79 bits per heavy atom. The summed E-state index contributed by atoms with van der Waals surface area (Å²) in [6.07, 6.45) is 1.85. The van der Waals surface area contributed by atoms with Crippen molar-refractivity contribution in [1.29, 1.82) is 0 Å². The van der Waals surface area contributed by atoms with Crippen LogP contribution in [0.5, 0.6) is 0 Å². The van der Waals surface area contributed by atoms with E-state index < -0.39 is 0 Å². The number of aliphatic hydroxyl groups excluding tert-OH is 1. The predicted octanol–water partition coefficient (Wildman–Crippen LogP) is 0.380. The average Bonchev–Trinajstić information content (AvgIpc) is 2.19. The lowest BCUT2D eigenvalue weighted by atomic mass is 10.1. The van der Waals surface area contributed by atoms with E-state index in [4.69, 9.17) is 9.84 Å². The Kier molecular flexibility index (Phi) is 4.84. The van der Waals surface area contributed by atoms with Crippen molar-refractivity contribution >= 4 is 21.8 Å². The highest BCUT2D eigenvalue weighted by molar-refractivity contribution is 9.10. The third kappa shape index (κ3) is 2.68. The molecule has 14 heavy (non-hydrogen) atoms. The number of carbonyl (C=O) groups excluding carboxylic acids is 1. The number of amides is 1. The quantitative estimate of drug-likeness (QED) is 0.748. The molecule has 4 nitrogen and oxygen atoms in total. The molecule has 1 rings (SSSR count). The fourth-order valence-electron chi connectivity index (χ4n) is 1.65. The minimum atomic E-state index is -0.201. The number of piperidine rings is 1. The van der Waals surface area contributed by atoms with Crippen LogP contribution in [0.25, 0.3) is 0 Å². The molecule has 82 valence electrons. The van der Waals surface area contributed by atoms with E-state index in [1.54, 1.807) is 12.0 Å². The molecule has 1 heterocycles. The van der Waals surface area contributed by atoms with Crippen LogP contribution in [0.1, 0.15) is 12.8 Å². The van der Waals surface area contributed by atoms with Crippen LogP contribution in [0.4, 0.5) is 0 Å². The topological polar surface area (TPSA) is 49.8 Å². The second kappa shape index (κ2) is 5.68. The molecule has 1 N–H and O–H groups in total. The summed E-state index contributed by atoms with van der Waals surface area (Å²) in [5.74, 6) is 0.0624. The molecular weight excluding hydrogens is 250 g/mol. The predicted molar refractivity (Wildman–Crippen MR) is 56.4 cm³/mol. The number of methoxy groups -OCH3 is 1. The Bertz CT molecular complexity index is 200. The Labute approximate surface area is 92.3 Å². The zero-order chi connectivity index (χ0) is 10.6. The molecule has 0 aromatic rings. The fourth-order valence-corrected chi connectivity index (χ4v) is 2.24. The van der Waals surface area contributed by atoms with Crippen LogP contribution in [0.2, 0.25) is 0 Å².